The first-order valence-corrected chi connectivity index (χ1v) is 6.94. The molecule has 1 aromatic carbocycles. The van der Waals surface area contributed by atoms with E-state index in [-0.39, 0.29) is 11.5 Å². The van der Waals surface area contributed by atoms with Crippen molar-refractivity contribution in [2.24, 2.45) is 0 Å². The van der Waals surface area contributed by atoms with Crippen molar-refractivity contribution < 1.29 is 17.6 Å². The lowest BCUT2D eigenvalue weighted by Gasteiger charge is -2.27. The molecule has 0 spiro atoms. The Hall–Kier alpha value is -1.93. The zero-order valence-electron chi connectivity index (χ0n) is 11.7. The second-order valence-corrected chi connectivity index (χ2v) is 5.15. The number of piperazine rings is 1. The maximum Gasteiger partial charge on any atom is 0.417 e. The summed E-state index contributed by atoms with van der Waals surface area (Å²) in [5.41, 5.74) is -0.0402. The smallest absolute Gasteiger partial charge is 0.417 e. The fraction of sp³-hybridized carbons (Fsp3) is 0.429. The van der Waals surface area contributed by atoms with Crippen molar-refractivity contribution in [3.63, 3.8) is 0 Å². The van der Waals surface area contributed by atoms with E-state index in [2.05, 4.69) is 20.4 Å². The zero-order chi connectivity index (χ0) is 15.6. The van der Waals surface area contributed by atoms with Gasteiger partial charge in [-0.25, -0.2) is 0 Å². The molecule has 3 rings (SSSR count). The van der Waals surface area contributed by atoms with Crippen molar-refractivity contribution in [1.29, 1.82) is 0 Å². The van der Waals surface area contributed by atoms with Gasteiger partial charge >= 0.3 is 6.18 Å². The summed E-state index contributed by atoms with van der Waals surface area (Å²) in [6.07, 6.45) is -3.43. The number of aromatic nitrogens is 2. The number of nitrogens with zero attached hydrogens (tertiary/aromatic N) is 3. The van der Waals surface area contributed by atoms with E-state index in [1.54, 1.807) is 0 Å². The summed E-state index contributed by atoms with van der Waals surface area (Å²) in [4.78, 5) is 2.19. The fourth-order valence-electron chi connectivity index (χ4n) is 2.53. The van der Waals surface area contributed by atoms with Crippen molar-refractivity contribution in [2.45, 2.75) is 12.7 Å². The van der Waals surface area contributed by atoms with E-state index in [1.165, 1.54) is 12.1 Å². The molecule has 0 saturated carbocycles. The predicted octanol–water partition coefficient (Wildman–Crippen LogP) is 2.16. The molecule has 0 aliphatic carbocycles. The zero-order valence-corrected chi connectivity index (χ0v) is 11.7. The normalized spacial score (nSPS) is 16.9. The van der Waals surface area contributed by atoms with Gasteiger partial charge in [0.1, 0.15) is 0 Å². The molecule has 0 unspecified atom stereocenters. The number of halogens is 3. The molecule has 0 radical (unpaired) electrons. The molecular weight excluding hydrogens is 297 g/mol. The van der Waals surface area contributed by atoms with Crippen molar-refractivity contribution in [1.82, 2.24) is 20.4 Å². The van der Waals surface area contributed by atoms with Crippen LogP contribution >= 0.6 is 0 Å². The first kappa shape index (κ1) is 15.0. The van der Waals surface area contributed by atoms with Crippen LogP contribution < -0.4 is 5.32 Å². The Bertz CT molecular complexity index is 622. The highest BCUT2D eigenvalue weighted by Gasteiger charge is 2.35. The number of benzene rings is 1. The molecule has 2 heterocycles. The first-order chi connectivity index (χ1) is 10.5. The van der Waals surface area contributed by atoms with Gasteiger partial charge in [0.2, 0.25) is 12.3 Å². The molecule has 22 heavy (non-hydrogen) atoms. The molecule has 1 N–H and O–H groups in total. The summed E-state index contributed by atoms with van der Waals surface area (Å²) in [5, 5.41) is 10.3. The Morgan fingerprint density at radius 2 is 2.00 bits per heavy atom. The van der Waals surface area contributed by atoms with E-state index in [0.717, 1.165) is 44.2 Å². The molecule has 5 nitrogen and oxygen atoms in total. The van der Waals surface area contributed by atoms with Crippen LogP contribution in [0.15, 0.2) is 29.0 Å². The van der Waals surface area contributed by atoms with Gasteiger partial charge in [-0.05, 0) is 17.7 Å². The van der Waals surface area contributed by atoms with Gasteiger partial charge in [-0.3, -0.25) is 4.90 Å². The van der Waals surface area contributed by atoms with Crippen molar-refractivity contribution >= 4 is 0 Å². The number of nitrogens with one attached hydrogen (secondary N) is 1. The molecular formula is C14H15F3N4O. The summed E-state index contributed by atoms with van der Waals surface area (Å²) < 4.78 is 44.3. The van der Waals surface area contributed by atoms with Crippen LogP contribution in [0.25, 0.3) is 11.5 Å². The molecule has 8 heteroatoms. The molecule has 0 bridgehead atoms. The van der Waals surface area contributed by atoms with Gasteiger partial charge in [0, 0.05) is 32.7 Å². The Balaban J connectivity index is 1.92. The molecule has 0 amide bonds. The highest BCUT2D eigenvalue weighted by atomic mass is 19.4. The minimum Gasteiger partial charge on any atom is -0.423 e. The minimum atomic E-state index is -4.46. The summed E-state index contributed by atoms with van der Waals surface area (Å²) in [6.45, 7) is 4.11. The lowest BCUT2D eigenvalue weighted by Crippen LogP contribution is -2.42. The van der Waals surface area contributed by atoms with Gasteiger partial charge in [-0.15, -0.1) is 10.2 Å². The summed E-state index contributed by atoms with van der Waals surface area (Å²) in [5.74, 6) is -0.116. The lowest BCUT2D eigenvalue weighted by molar-refractivity contribution is -0.137. The number of hydrogen-bond acceptors (Lipinski definition) is 5. The van der Waals surface area contributed by atoms with Crippen molar-refractivity contribution in [3.05, 3.63) is 35.7 Å². The average Bonchev–Trinajstić information content (AvgIpc) is 3.01. The van der Waals surface area contributed by atoms with Crippen LogP contribution in [-0.2, 0) is 12.7 Å². The number of hydrogen-bond donors (Lipinski definition) is 1. The van der Waals surface area contributed by atoms with E-state index in [4.69, 9.17) is 4.42 Å². The monoisotopic (exact) mass is 312 g/mol. The quantitative estimate of drug-likeness (QED) is 0.941. The molecule has 0 atom stereocenters. The maximum absolute atomic E-state index is 13.1. The largest absolute Gasteiger partial charge is 0.423 e. The van der Waals surface area contributed by atoms with Crippen LogP contribution in [0, 0.1) is 0 Å². The lowest BCUT2D eigenvalue weighted by atomic mass is 10.0. The third-order valence-electron chi connectivity index (χ3n) is 3.60. The fourth-order valence-corrected chi connectivity index (χ4v) is 2.53. The van der Waals surface area contributed by atoms with E-state index >= 15 is 0 Å². The van der Waals surface area contributed by atoms with Crippen LogP contribution in [0.2, 0.25) is 0 Å². The van der Waals surface area contributed by atoms with Crippen molar-refractivity contribution in [2.75, 3.05) is 26.2 Å². The maximum atomic E-state index is 13.1. The third-order valence-corrected chi connectivity index (χ3v) is 3.60. The van der Waals surface area contributed by atoms with E-state index in [1.807, 2.05) is 0 Å². The number of rotatable bonds is 3. The Morgan fingerprint density at radius 1 is 1.23 bits per heavy atom. The van der Waals surface area contributed by atoms with Gasteiger partial charge in [0.05, 0.1) is 11.1 Å². The molecule has 118 valence electrons. The molecule has 1 aliphatic rings. The summed E-state index contributed by atoms with van der Waals surface area (Å²) in [7, 11) is 0. The van der Waals surface area contributed by atoms with Crippen LogP contribution in [-0.4, -0.2) is 41.3 Å². The summed E-state index contributed by atoms with van der Waals surface area (Å²) in [6, 6.07) is 4.07. The first-order valence-electron chi connectivity index (χ1n) is 6.94. The highest BCUT2D eigenvalue weighted by Crippen LogP contribution is 2.37. The second kappa shape index (κ2) is 6.05. The Morgan fingerprint density at radius 3 is 2.64 bits per heavy atom. The van der Waals surface area contributed by atoms with Gasteiger partial charge in [-0.1, -0.05) is 6.07 Å². The topological polar surface area (TPSA) is 54.2 Å². The van der Waals surface area contributed by atoms with Crippen LogP contribution in [0.5, 0.6) is 0 Å². The molecule has 1 aliphatic heterocycles. The molecule has 1 fully saturated rings. The third kappa shape index (κ3) is 3.28. The highest BCUT2D eigenvalue weighted by molar-refractivity contribution is 5.60. The van der Waals surface area contributed by atoms with Crippen LogP contribution in [0.1, 0.15) is 11.1 Å². The Kier molecular flexibility index (Phi) is 4.12. The molecule has 1 saturated heterocycles. The van der Waals surface area contributed by atoms with Crippen LogP contribution in [0.4, 0.5) is 13.2 Å². The standard InChI is InChI=1S/C14H15F3N4O/c15-14(16,17)12-2-1-10(8-21-5-3-18-4-6-21)7-11(12)13-20-19-9-22-13/h1-2,7,9,18H,3-6,8H2. The van der Waals surface area contributed by atoms with Gasteiger partial charge in [-0.2, -0.15) is 13.2 Å². The molecule has 2 aromatic rings. The van der Waals surface area contributed by atoms with E-state index in [9.17, 15) is 13.2 Å². The van der Waals surface area contributed by atoms with Crippen LogP contribution in [0.3, 0.4) is 0 Å². The van der Waals surface area contributed by atoms with Gasteiger partial charge < -0.3 is 9.73 Å². The van der Waals surface area contributed by atoms with Gasteiger partial charge in [0.25, 0.3) is 0 Å². The minimum absolute atomic E-state index is 0.0716. The molecule has 1 aromatic heterocycles. The second-order valence-electron chi connectivity index (χ2n) is 5.15. The van der Waals surface area contributed by atoms with E-state index < -0.39 is 11.7 Å². The average molecular weight is 312 g/mol. The number of alkyl halides is 3. The SMILES string of the molecule is FC(F)(F)c1ccc(CN2CCNCC2)cc1-c1nnco1. The van der Waals surface area contributed by atoms with Crippen molar-refractivity contribution in [3.8, 4) is 11.5 Å². The van der Waals surface area contributed by atoms with E-state index in [0.29, 0.717) is 6.54 Å². The predicted molar refractivity (Wildman–Crippen MR) is 72.9 cm³/mol. The summed E-state index contributed by atoms with van der Waals surface area (Å²) >= 11 is 0. The van der Waals surface area contributed by atoms with Gasteiger partial charge in [0.15, 0.2) is 0 Å². The Labute approximate surface area is 125 Å².